The number of piperazine rings is 1. The maximum atomic E-state index is 15.5. The summed E-state index contributed by atoms with van der Waals surface area (Å²) < 4.78 is 99.5. The third-order valence-corrected chi connectivity index (χ3v) is 7.20. The van der Waals surface area contributed by atoms with E-state index >= 15 is 4.39 Å². The number of likely N-dealkylation sites (N-methyl/N-ethyl adjacent to an activating group) is 1. The minimum absolute atomic E-state index is 0.0492. The van der Waals surface area contributed by atoms with Crippen molar-refractivity contribution in [2.24, 2.45) is 5.73 Å². The third kappa shape index (κ3) is 5.85. The molecule has 1 aliphatic heterocycles. The zero-order valence-electron chi connectivity index (χ0n) is 22.0. The Balaban J connectivity index is 1.87. The van der Waals surface area contributed by atoms with Gasteiger partial charge in [-0.05, 0) is 57.3 Å². The zero-order chi connectivity index (χ0) is 30.4. The lowest BCUT2D eigenvalue weighted by molar-refractivity contribution is -0.138. The van der Waals surface area contributed by atoms with Gasteiger partial charge in [0.1, 0.15) is 11.6 Å². The molecular weight excluding hydrogens is 557 g/mol. The number of carbonyl (C=O) groups excluding carboxylic acids is 2. The van der Waals surface area contributed by atoms with Crippen LogP contribution in [0.15, 0.2) is 42.5 Å². The lowest BCUT2D eigenvalue weighted by atomic mass is 9.99. The molecule has 3 N–H and O–H groups in total. The normalized spacial score (nSPS) is 18.0. The van der Waals surface area contributed by atoms with Gasteiger partial charge in [-0.25, -0.2) is 17.6 Å². The number of hydrogen-bond donors (Lipinski definition) is 2. The van der Waals surface area contributed by atoms with Crippen molar-refractivity contribution in [3.05, 3.63) is 82.4 Å². The van der Waals surface area contributed by atoms with Crippen LogP contribution in [-0.4, -0.2) is 48.9 Å². The third-order valence-electron chi connectivity index (χ3n) is 7.20. The first-order valence-corrected chi connectivity index (χ1v) is 12.4. The van der Waals surface area contributed by atoms with Crippen LogP contribution in [0, 0.1) is 23.3 Å². The molecule has 1 fully saturated rings. The van der Waals surface area contributed by atoms with Crippen LogP contribution in [0.4, 0.5) is 42.1 Å². The Labute approximate surface area is 230 Å². The summed E-state index contributed by atoms with van der Waals surface area (Å²) in [5.41, 5.74) is 0.555. The molecule has 13 heteroatoms. The molecular formula is C28H25F7N4O2. The van der Waals surface area contributed by atoms with E-state index in [0.29, 0.717) is 25.2 Å². The van der Waals surface area contributed by atoms with Crippen LogP contribution in [0.2, 0.25) is 0 Å². The van der Waals surface area contributed by atoms with Crippen molar-refractivity contribution in [2.75, 3.05) is 30.4 Å². The molecule has 4 rings (SSSR count). The second-order valence-corrected chi connectivity index (χ2v) is 9.91. The highest BCUT2D eigenvalue weighted by Gasteiger charge is 2.36. The minimum atomic E-state index is -5.07. The van der Waals surface area contributed by atoms with E-state index in [0.717, 1.165) is 24.3 Å². The highest BCUT2D eigenvalue weighted by atomic mass is 19.4. The van der Waals surface area contributed by atoms with Crippen LogP contribution in [-0.2, 0) is 6.18 Å². The predicted octanol–water partition coefficient (Wildman–Crippen LogP) is 5.81. The standard InChI is InChI=1S/C28H25F7N4O2/c1-13-11-39(12-14(2)38(13)3)23-10-21(30)19(16-6-7-18(26(36)40)25(32)24(16)31)9-22(23)37-27(41)17-5-4-15(29)8-20(17)28(33,34)35/h4-10,13-14H,11-12H2,1-3H3,(H2,36,40)(H,37,41). The van der Waals surface area contributed by atoms with Gasteiger partial charge in [0.05, 0.1) is 28.1 Å². The maximum Gasteiger partial charge on any atom is 0.417 e. The number of primary amides is 1. The van der Waals surface area contributed by atoms with E-state index < -0.39 is 69.1 Å². The first-order chi connectivity index (χ1) is 19.1. The van der Waals surface area contributed by atoms with E-state index in [1.165, 1.54) is 0 Å². The molecule has 3 aromatic carbocycles. The molecule has 2 amide bonds. The first kappa shape index (κ1) is 29.8. The quantitative estimate of drug-likeness (QED) is 0.373. The number of alkyl halides is 3. The number of benzene rings is 3. The molecule has 2 atom stereocenters. The fraction of sp³-hybridized carbons (Fsp3) is 0.286. The van der Waals surface area contributed by atoms with Gasteiger partial charge in [-0.1, -0.05) is 6.07 Å². The highest BCUT2D eigenvalue weighted by Crippen LogP contribution is 2.39. The highest BCUT2D eigenvalue weighted by molar-refractivity contribution is 6.07. The first-order valence-electron chi connectivity index (χ1n) is 12.4. The molecule has 0 radical (unpaired) electrons. The predicted molar refractivity (Wildman–Crippen MR) is 139 cm³/mol. The van der Waals surface area contributed by atoms with Crippen LogP contribution in [0.1, 0.15) is 40.1 Å². The molecule has 0 spiro atoms. The number of hydrogen-bond acceptors (Lipinski definition) is 4. The second-order valence-electron chi connectivity index (χ2n) is 9.91. The van der Waals surface area contributed by atoms with Gasteiger partial charge < -0.3 is 16.0 Å². The molecule has 1 saturated heterocycles. The van der Waals surface area contributed by atoms with Gasteiger partial charge in [-0.2, -0.15) is 13.2 Å². The van der Waals surface area contributed by atoms with Crippen molar-refractivity contribution >= 4 is 23.2 Å². The fourth-order valence-electron chi connectivity index (χ4n) is 4.82. The van der Waals surface area contributed by atoms with Gasteiger partial charge >= 0.3 is 6.18 Å². The van der Waals surface area contributed by atoms with Crippen molar-refractivity contribution in [3.8, 4) is 11.1 Å². The molecule has 1 aliphatic rings. The molecule has 2 unspecified atom stereocenters. The Bertz CT molecular complexity index is 1510. The summed E-state index contributed by atoms with van der Waals surface area (Å²) in [4.78, 5) is 28.3. The maximum absolute atomic E-state index is 15.5. The molecule has 6 nitrogen and oxygen atoms in total. The topological polar surface area (TPSA) is 78.7 Å². The van der Waals surface area contributed by atoms with Crippen molar-refractivity contribution in [1.29, 1.82) is 0 Å². The van der Waals surface area contributed by atoms with Crippen LogP contribution < -0.4 is 16.0 Å². The van der Waals surface area contributed by atoms with Crippen molar-refractivity contribution in [3.63, 3.8) is 0 Å². The molecule has 0 aliphatic carbocycles. The number of anilines is 2. The summed E-state index contributed by atoms with van der Waals surface area (Å²) in [6.45, 7) is 4.47. The van der Waals surface area contributed by atoms with E-state index in [-0.39, 0.29) is 29.5 Å². The number of rotatable bonds is 5. The Kier molecular flexibility index (Phi) is 8.03. The summed E-state index contributed by atoms with van der Waals surface area (Å²) in [7, 11) is 1.89. The summed E-state index contributed by atoms with van der Waals surface area (Å²) in [6.07, 6.45) is -5.07. The van der Waals surface area contributed by atoms with Gasteiger partial charge in [0, 0.05) is 36.3 Å². The largest absolute Gasteiger partial charge is 0.417 e. The van der Waals surface area contributed by atoms with Crippen molar-refractivity contribution in [1.82, 2.24) is 4.90 Å². The average molecular weight is 583 g/mol. The molecule has 0 aromatic heterocycles. The fourth-order valence-corrected chi connectivity index (χ4v) is 4.82. The van der Waals surface area contributed by atoms with E-state index in [9.17, 15) is 35.9 Å². The van der Waals surface area contributed by atoms with Crippen LogP contribution in [0.5, 0.6) is 0 Å². The van der Waals surface area contributed by atoms with E-state index in [2.05, 4.69) is 10.2 Å². The molecule has 0 saturated carbocycles. The SMILES string of the molecule is CC1CN(c2cc(F)c(-c3ccc(C(N)=O)c(F)c3F)cc2NC(=O)c2ccc(F)cc2C(F)(F)F)CC(C)N1C. The van der Waals surface area contributed by atoms with Crippen molar-refractivity contribution < 1.29 is 40.3 Å². The summed E-state index contributed by atoms with van der Waals surface area (Å²) >= 11 is 0. The summed E-state index contributed by atoms with van der Waals surface area (Å²) in [5, 5.41) is 2.32. The number of amides is 2. The Morgan fingerprint density at radius 3 is 2.07 bits per heavy atom. The number of nitrogens with zero attached hydrogens (tertiary/aromatic N) is 2. The van der Waals surface area contributed by atoms with E-state index in [4.69, 9.17) is 5.73 Å². The molecule has 1 heterocycles. The van der Waals surface area contributed by atoms with Gasteiger partial charge in [0.2, 0.25) is 0 Å². The Morgan fingerprint density at radius 1 is 0.878 bits per heavy atom. The van der Waals surface area contributed by atoms with Gasteiger partial charge in [-0.3, -0.25) is 14.5 Å². The monoisotopic (exact) mass is 582 g/mol. The van der Waals surface area contributed by atoms with Crippen LogP contribution in [0.3, 0.4) is 0 Å². The Hall–Kier alpha value is -4.13. The van der Waals surface area contributed by atoms with Gasteiger partial charge in [0.25, 0.3) is 11.8 Å². The Morgan fingerprint density at radius 2 is 1.49 bits per heavy atom. The summed E-state index contributed by atoms with van der Waals surface area (Å²) in [5.74, 6) is -8.00. The zero-order valence-corrected chi connectivity index (χ0v) is 22.0. The van der Waals surface area contributed by atoms with Crippen LogP contribution in [0.25, 0.3) is 11.1 Å². The minimum Gasteiger partial charge on any atom is -0.367 e. The lowest BCUT2D eigenvalue weighted by Crippen LogP contribution is -2.55. The van der Waals surface area contributed by atoms with Gasteiger partial charge in [0.15, 0.2) is 11.6 Å². The van der Waals surface area contributed by atoms with Crippen molar-refractivity contribution in [2.45, 2.75) is 32.1 Å². The van der Waals surface area contributed by atoms with E-state index in [1.54, 1.807) is 4.90 Å². The molecule has 218 valence electrons. The lowest BCUT2D eigenvalue weighted by Gasteiger charge is -2.44. The second kappa shape index (κ2) is 11.0. The van der Waals surface area contributed by atoms with E-state index in [1.807, 2.05) is 20.9 Å². The van der Waals surface area contributed by atoms with Crippen LogP contribution >= 0.6 is 0 Å². The molecule has 3 aromatic rings. The molecule has 0 bridgehead atoms. The van der Waals surface area contributed by atoms with Gasteiger partial charge in [-0.15, -0.1) is 0 Å². The average Bonchev–Trinajstić information content (AvgIpc) is 2.88. The number of nitrogens with two attached hydrogens (primary N) is 1. The number of carbonyl (C=O) groups is 2. The number of halogens is 7. The summed E-state index contributed by atoms with van der Waals surface area (Å²) in [6, 6.07) is 5.13. The smallest absolute Gasteiger partial charge is 0.367 e. The molecule has 41 heavy (non-hydrogen) atoms. The number of nitrogens with one attached hydrogen (secondary N) is 1.